The fourth-order valence-corrected chi connectivity index (χ4v) is 3.36. The van der Waals surface area contributed by atoms with Gasteiger partial charge in [0, 0.05) is 26.5 Å². The van der Waals surface area contributed by atoms with Crippen LogP contribution in [0.4, 0.5) is 0 Å². The lowest BCUT2D eigenvalue weighted by molar-refractivity contribution is 0.0112. The van der Waals surface area contributed by atoms with Crippen molar-refractivity contribution in [2.45, 2.75) is 24.9 Å². The van der Waals surface area contributed by atoms with Crippen LogP contribution in [0.1, 0.15) is 29.8 Å². The van der Waals surface area contributed by atoms with Gasteiger partial charge < -0.3 is 14.4 Å². The molecule has 5 heteroatoms. The van der Waals surface area contributed by atoms with E-state index in [1.807, 2.05) is 17.0 Å². The molecule has 0 saturated carbocycles. The van der Waals surface area contributed by atoms with E-state index in [0.29, 0.717) is 18.2 Å². The number of ether oxygens (including phenoxy) is 2. The average molecular weight is 290 g/mol. The number of amides is 1. The van der Waals surface area contributed by atoms with Crippen molar-refractivity contribution in [3.05, 3.63) is 30.1 Å². The maximum absolute atomic E-state index is 12.4. The summed E-state index contributed by atoms with van der Waals surface area (Å²) in [6, 6.07) is 5.44. The van der Waals surface area contributed by atoms with Gasteiger partial charge in [-0.05, 0) is 37.3 Å². The Bertz CT molecular complexity index is 494. The molecule has 2 fully saturated rings. The van der Waals surface area contributed by atoms with Crippen molar-refractivity contribution in [3.8, 4) is 0 Å². The Balaban J connectivity index is 1.60. The molecule has 1 aromatic rings. The molecule has 114 valence electrons. The molecule has 0 radical (unpaired) electrons. The fraction of sp³-hybridized carbons (Fsp3) is 0.625. The molecule has 0 aromatic carbocycles. The summed E-state index contributed by atoms with van der Waals surface area (Å²) < 4.78 is 11.2. The number of aromatic nitrogens is 1. The maximum Gasteiger partial charge on any atom is 0.272 e. The second-order valence-corrected chi connectivity index (χ2v) is 6.04. The van der Waals surface area contributed by atoms with Crippen LogP contribution < -0.4 is 0 Å². The number of rotatable bonds is 4. The number of hydrogen-bond acceptors (Lipinski definition) is 4. The third-order valence-corrected chi connectivity index (χ3v) is 4.50. The van der Waals surface area contributed by atoms with E-state index in [2.05, 4.69) is 4.98 Å². The molecule has 3 rings (SSSR count). The van der Waals surface area contributed by atoms with E-state index in [4.69, 9.17) is 9.47 Å². The largest absolute Gasteiger partial charge is 0.385 e. The zero-order chi connectivity index (χ0) is 14.7. The highest BCUT2D eigenvalue weighted by atomic mass is 16.5. The Hall–Kier alpha value is -1.46. The van der Waals surface area contributed by atoms with Gasteiger partial charge in [0.05, 0.1) is 18.8 Å². The first-order valence-electron chi connectivity index (χ1n) is 7.56. The van der Waals surface area contributed by atoms with Crippen molar-refractivity contribution in [2.24, 2.45) is 5.92 Å². The van der Waals surface area contributed by atoms with Crippen LogP contribution in [-0.2, 0) is 9.47 Å². The Morgan fingerprint density at radius 3 is 3.24 bits per heavy atom. The SMILES string of the molecule is COCC[C@H]1CO[C@]2(CCN(C(=O)c3ccccn3)C2)C1. The number of likely N-dealkylation sites (tertiary alicyclic amines) is 1. The number of carbonyl (C=O) groups is 1. The van der Waals surface area contributed by atoms with Gasteiger partial charge in [-0.25, -0.2) is 0 Å². The second kappa shape index (κ2) is 6.12. The smallest absolute Gasteiger partial charge is 0.272 e. The zero-order valence-corrected chi connectivity index (χ0v) is 12.5. The first-order valence-corrected chi connectivity index (χ1v) is 7.56. The van der Waals surface area contributed by atoms with Gasteiger partial charge >= 0.3 is 0 Å². The maximum atomic E-state index is 12.4. The molecular weight excluding hydrogens is 268 g/mol. The average Bonchev–Trinajstić information content (AvgIpc) is 3.13. The topological polar surface area (TPSA) is 51.7 Å². The van der Waals surface area contributed by atoms with Gasteiger partial charge in [0.15, 0.2) is 0 Å². The summed E-state index contributed by atoms with van der Waals surface area (Å²) >= 11 is 0. The van der Waals surface area contributed by atoms with Crippen molar-refractivity contribution in [3.63, 3.8) is 0 Å². The summed E-state index contributed by atoms with van der Waals surface area (Å²) in [7, 11) is 1.73. The summed E-state index contributed by atoms with van der Waals surface area (Å²) in [5.74, 6) is 0.561. The third-order valence-electron chi connectivity index (χ3n) is 4.50. The number of pyridine rings is 1. The molecule has 21 heavy (non-hydrogen) atoms. The standard InChI is InChI=1S/C16H22N2O3/c1-20-9-5-13-10-16(21-11-13)6-8-18(12-16)15(19)14-4-2-3-7-17-14/h2-4,7,13H,5-6,8-12H2,1H3/t13-,16-/m1/s1. The van der Waals surface area contributed by atoms with Crippen molar-refractivity contribution < 1.29 is 14.3 Å². The predicted octanol–water partition coefficient (Wildman–Crippen LogP) is 1.74. The van der Waals surface area contributed by atoms with Crippen LogP contribution in [0.2, 0.25) is 0 Å². The molecule has 0 unspecified atom stereocenters. The minimum absolute atomic E-state index is 0.0106. The molecule has 0 bridgehead atoms. The van der Waals surface area contributed by atoms with Crippen LogP contribution >= 0.6 is 0 Å². The molecule has 2 aliphatic heterocycles. The molecule has 5 nitrogen and oxygen atoms in total. The highest BCUT2D eigenvalue weighted by Crippen LogP contribution is 2.39. The van der Waals surface area contributed by atoms with E-state index < -0.39 is 0 Å². The molecule has 0 aliphatic carbocycles. The molecule has 1 spiro atoms. The molecule has 2 saturated heterocycles. The molecule has 0 N–H and O–H groups in total. The molecule has 2 aliphatic rings. The van der Waals surface area contributed by atoms with Gasteiger partial charge in [-0.1, -0.05) is 6.07 Å². The minimum Gasteiger partial charge on any atom is -0.385 e. The van der Waals surface area contributed by atoms with Crippen LogP contribution in [0.25, 0.3) is 0 Å². The van der Waals surface area contributed by atoms with Gasteiger partial charge in [-0.15, -0.1) is 0 Å². The fourth-order valence-electron chi connectivity index (χ4n) is 3.36. The minimum atomic E-state index is -0.136. The van der Waals surface area contributed by atoms with Crippen LogP contribution in [0, 0.1) is 5.92 Å². The lowest BCUT2D eigenvalue weighted by Crippen LogP contribution is -2.36. The molecule has 1 amide bonds. The van der Waals surface area contributed by atoms with Gasteiger partial charge in [0.1, 0.15) is 5.69 Å². The summed E-state index contributed by atoms with van der Waals surface area (Å²) in [5, 5.41) is 0. The quantitative estimate of drug-likeness (QED) is 0.847. The van der Waals surface area contributed by atoms with Crippen LogP contribution in [0.15, 0.2) is 24.4 Å². The molecule has 2 atom stereocenters. The van der Waals surface area contributed by atoms with Crippen molar-refractivity contribution in [1.82, 2.24) is 9.88 Å². The Labute approximate surface area is 125 Å². The number of nitrogens with zero attached hydrogens (tertiary/aromatic N) is 2. The Morgan fingerprint density at radius 1 is 1.57 bits per heavy atom. The highest BCUT2D eigenvalue weighted by Gasteiger charge is 2.46. The van der Waals surface area contributed by atoms with Gasteiger partial charge in [-0.2, -0.15) is 0 Å². The van der Waals surface area contributed by atoms with Crippen LogP contribution in [0.5, 0.6) is 0 Å². The normalized spacial score (nSPS) is 28.4. The van der Waals surface area contributed by atoms with Crippen molar-refractivity contribution in [1.29, 1.82) is 0 Å². The lowest BCUT2D eigenvalue weighted by Gasteiger charge is -2.23. The van der Waals surface area contributed by atoms with E-state index in [0.717, 1.165) is 39.0 Å². The Kier molecular flexibility index (Phi) is 4.22. The molecule has 3 heterocycles. The van der Waals surface area contributed by atoms with Gasteiger partial charge in [-0.3, -0.25) is 9.78 Å². The second-order valence-electron chi connectivity index (χ2n) is 6.04. The van der Waals surface area contributed by atoms with E-state index in [1.165, 1.54) is 0 Å². The highest BCUT2D eigenvalue weighted by molar-refractivity contribution is 5.92. The Morgan fingerprint density at radius 2 is 2.48 bits per heavy atom. The zero-order valence-electron chi connectivity index (χ0n) is 12.5. The van der Waals surface area contributed by atoms with Crippen molar-refractivity contribution >= 4 is 5.91 Å². The van der Waals surface area contributed by atoms with Crippen molar-refractivity contribution in [2.75, 3.05) is 33.4 Å². The van der Waals surface area contributed by atoms with Crippen LogP contribution in [0.3, 0.4) is 0 Å². The summed E-state index contributed by atoms with van der Waals surface area (Å²) in [6.07, 6.45) is 4.65. The van der Waals surface area contributed by atoms with Crippen LogP contribution in [-0.4, -0.2) is 54.8 Å². The van der Waals surface area contributed by atoms with E-state index in [1.54, 1.807) is 19.4 Å². The van der Waals surface area contributed by atoms with Gasteiger partial charge in [0.25, 0.3) is 5.91 Å². The molecule has 1 aromatic heterocycles. The number of carbonyl (C=O) groups excluding carboxylic acids is 1. The summed E-state index contributed by atoms with van der Waals surface area (Å²) in [4.78, 5) is 18.4. The monoisotopic (exact) mass is 290 g/mol. The number of hydrogen-bond donors (Lipinski definition) is 0. The first-order chi connectivity index (χ1) is 10.2. The van der Waals surface area contributed by atoms with E-state index in [9.17, 15) is 4.79 Å². The predicted molar refractivity (Wildman–Crippen MR) is 78.0 cm³/mol. The molecular formula is C16H22N2O3. The van der Waals surface area contributed by atoms with E-state index in [-0.39, 0.29) is 11.5 Å². The van der Waals surface area contributed by atoms with E-state index >= 15 is 0 Å². The lowest BCUT2D eigenvalue weighted by atomic mass is 9.92. The summed E-state index contributed by atoms with van der Waals surface area (Å²) in [6.45, 7) is 3.01. The first kappa shape index (κ1) is 14.5. The third kappa shape index (κ3) is 3.09. The van der Waals surface area contributed by atoms with Gasteiger partial charge in [0.2, 0.25) is 0 Å². The number of methoxy groups -OCH3 is 1. The summed E-state index contributed by atoms with van der Waals surface area (Å²) in [5.41, 5.74) is 0.381.